The molecule has 0 fully saturated rings. The Kier molecular flexibility index (Phi) is 7.15. The van der Waals surface area contributed by atoms with E-state index in [-0.39, 0.29) is 30.2 Å². The van der Waals surface area contributed by atoms with Gasteiger partial charge in [0.05, 0.1) is 37.6 Å². The first-order valence-corrected chi connectivity index (χ1v) is 10.8. The zero-order valence-corrected chi connectivity index (χ0v) is 19.1. The number of esters is 2. The van der Waals surface area contributed by atoms with Gasteiger partial charge in [-0.15, -0.1) is 0 Å². The van der Waals surface area contributed by atoms with Crippen LogP contribution in [0.2, 0.25) is 0 Å². The first-order chi connectivity index (χ1) is 17.0. The maximum Gasteiger partial charge on any atom is 0.374 e. The van der Waals surface area contributed by atoms with E-state index in [0.717, 1.165) is 0 Å². The van der Waals surface area contributed by atoms with Crippen LogP contribution in [0.4, 0.5) is 4.79 Å². The van der Waals surface area contributed by atoms with Crippen molar-refractivity contribution < 1.29 is 33.0 Å². The molecule has 0 bridgehead atoms. The standard InChI is InChI=1S/C24H24N4O7/c1-3-33-23(30)20-18(26-24(31)27-21(20)15-5-7-16(32-2)8-6-15)14-34-22(29)19-10-9-17(35-19)13-28-12-4-11-25-28/h4-12,21H,3,13-14H2,1-2H3,(H2,26,27,31). The average Bonchev–Trinajstić information content (AvgIpc) is 3.55. The van der Waals surface area contributed by atoms with Crippen LogP contribution >= 0.6 is 0 Å². The highest BCUT2D eigenvalue weighted by atomic mass is 16.5. The molecule has 2 amide bonds. The van der Waals surface area contributed by atoms with Gasteiger partial charge in [0.1, 0.15) is 18.1 Å². The summed E-state index contributed by atoms with van der Waals surface area (Å²) < 4.78 is 22.9. The number of carbonyl (C=O) groups is 3. The molecule has 1 aliphatic heterocycles. The maximum absolute atomic E-state index is 12.8. The molecule has 182 valence electrons. The molecule has 0 radical (unpaired) electrons. The molecule has 0 saturated carbocycles. The Labute approximate surface area is 200 Å². The zero-order chi connectivity index (χ0) is 24.8. The number of hydrogen-bond acceptors (Lipinski definition) is 8. The number of nitrogens with one attached hydrogen (secondary N) is 2. The Balaban J connectivity index is 1.54. The van der Waals surface area contributed by atoms with Gasteiger partial charge >= 0.3 is 18.0 Å². The molecule has 11 nitrogen and oxygen atoms in total. The molecule has 3 aromatic rings. The third-order valence-corrected chi connectivity index (χ3v) is 5.19. The first-order valence-electron chi connectivity index (χ1n) is 10.8. The number of hydrogen-bond donors (Lipinski definition) is 2. The van der Waals surface area contributed by atoms with Crippen LogP contribution in [0.1, 0.15) is 34.8 Å². The van der Waals surface area contributed by atoms with Crippen LogP contribution in [0.15, 0.2) is 70.5 Å². The van der Waals surface area contributed by atoms with Crippen LogP contribution < -0.4 is 15.4 Å². The van der Waals surface area contributed by atoms with Crippen molar-refractivity contribution in [2.24, 2.45) is 0 Å². The summed E-state index contributed by atoms with van der Waals surface area (Å²) in [4.78, 5) is 37.8. The Bertz CT molecular complexity index is 1230. The number of furan rings is 1. The van der Waals surface area contributed by atoms with Crippen LogP contribution in [-0.2, 0) is 20.8 Å². The van der Waals surface area contributed by atoms with Crippen molar-refractivity contribution in [1.82, 2.24) is 20.4 Å². The third-order valence-electron chi connectivity index (χ3n) is 5.19. The van der Waals surface area contributed by atoms with Crippen LogP contribution in [0.5, 0.6) is 5.75 Å². The van der Waals surface area contributed by atoms with E-state index in [4.69, 9.17) is 18.6 Å². The minimum Gasteiger partial charge on any atom is -0.497 e. The van der Waals surface area contributed by atoms with Crippen molar-refractivity contribution in [3.8, 4) is 5.75 Å². The average molecular weight is 480 g/mol. The minimum absolute atomic E-state index is 0.0163. The SMILES string of the molecule is CCOC(=O)C1=C(COC(=O)c2ccc(Cn3cccn3)o2)NC(=O)NC1c1ccc(OC)cc1. The van der Waals surface area contributed by atoms with Gasteiger partial charge in [0.15, 0.2) is 0 Å². The van der Waals surface area contributed by atoms with Crippen molar-refractivity contribution in [3.05, 3.63) is 83.2 Å². The molecule has 2 N–H and O–H groups in total. The smallest absolute Gasteiger partial charge is 0.374 e. The van der Waals surface area contributed by atoms with E-state index >= 15 is 0 Å². The van der Waals surface area contributed by atoms with Crippen molar-refractivity contribution >= 4 is 18.0 Å². The molecule has 0 aliphatic carbocycles. The predicted octanol–water partition coefficient (Wildman–Crippen LogP) is 2.56. The molecule has 1 aliphatic rings. The van der Waals surface area contributed by atoms with Gasteiger partial charge in [-0.25, -0.2) is 14.4 Å². The van der Waals surface area contributed by atoms with Gasteiger partial charge in [-0.3, -0.25) is 4.68 Å². The first kappa shape index (κ1) is 23.6. The number of urea groups is 1. The topological polar surface area (TPSA) is 134 Å². The Morgan fingerprint density at radius 3 is 2.60 bits per heavy atom. The van der Waals surface area contributed by atoms with Crippen LogP contribution in [0.25, 0.3) is 0 Å². The Morgan fingerprint density at radius 1 is 1.11 bits per heavy atom. The molecule has 1 unspecified atom stereocenters. The highest BCUT2D eigenvalue weighted by Crippen LogP contribution is 2.29. The highest BCUT2D eigenvalue weighted by Gasteiger charge is 2.34. The second-order valence-corrected chi connectivity index (χ2v) is 7.46. The number of amides is 2. The number of nitrogens with zero attached hydrogens (tertiary/aromatic N) is 2. The fourth-order valence-electron chi connectivity index (χ4n) is 3.56. The second kappa shape index (κ2) is 10.6. The second-order valence-electron chi connectivity index (χ2n) is 7.46. The van der Waals surface area contributed by atoms with Crippen molar-refractivity contribution in [3.63, 3.8) is 0 Å². The lowest BCUT2D eigenvalue weighted by atomic mass is 9.95. The zero-order valence-electron chi connectivity index (χ0n) is 19.1. The molecule has 2 aromatic heterocycles. The fourth-order valence-corrected chi connectivity index (χ4v) is 3.56. The molecular weight excluding hydrogens is 456 g/mol. The van der Waals surface area contributed by atoms with E-state index in [0.29, 0.717) is 23.6 Å². The third kappa shape index (κ3) is 5.52. The molecule has 1 atom stereocenters. The van der Waals surface area contributed by atoms with Gasteiger partial charge in [0, 0.05) is 12.4 Å². The molecule has 3 heterocycles. The van der Waals surface area contributed by atoms with Gasteiger partial charge < -0.3 is 29.3 Å². The van der Waals surface area contributed by atoms with Crippen LogP contribution in [0, 0.1) is 0 Å². The van der Waals surface area contributed by atoms with E-state index in [2.05, 4.69) is 15.7 Å². The number of methoxy groups -OCH3 is 1. The summed E-state index contributed by atoms with van der Waals surface area (Å²) in [5.41, 5.74) is 0.870. The molecule has 0 saturated heterocycles. The molecule has 35 heavy (non-hydrogen) atoms. The lowest BCUT2D eigenvalue weighted by Gasteiger charge is -2.29. The number of ether oxygens (including phenoxy) is 3. The van der Waals surface area contributed by atoms with Gasteiger partial charge in [0.2, 0.25) is 5.76 Å². The number of benzene rings is 1. The summed E-state index contributed by atoms with van der Waals surface area (Å²) in [5, 5.41) is 9.36. The van der Waals surface area contributed by atoms with Crippen molar-refractivity contribution in [2.45, 2.75) is 19.5 Å². The monoisotopic (exact) mass is 480 g/mol. The van der Waals surface area contributed by atoms with E-state index in [1.165, 1.54) is 13.2 Å². The lowest BCUT2D eigenvalue weighted by Crippen LogP contribution is -2.47. The summed E-state index contributed by atoms with van der Waals surface area (Å²) in [5.74, 6) is -0.276. The van der Waals surface area contributed by atoms with E-state index in [1.807, 2.05) is 0 Å². The van der Waals surface area contributed by atoms with Gasteiger partial charge in [-0.1, -0.05) is 12.1 Å². The largest absolute Gasteiger partial charge is 0.497 e. The van der Waals surface area contributed by atoms with E-state index in [9.17, 15) is 14.4 Å². The molecule has 11 heteroatoms. The Hall–Kier alpha value is -4.54. The minimum atomic E-state index is -0.813. The van der Waals surface area contributed by atoms with Crippen molar-refractivity contribution in [1.29, 1.82) is 0 Å². The van der Waals surface area contributed by atoms with Gasteiger partial charge in [0.25, 0.3) is 0 Å². The maximum atomic E-state index is 12.8. The predicted molar refractivity (Wildman–Crippen MR) is 121 cm³/mol. The normalized spacial score (nSPS) is 15.3. The lowest BCUT2D eigenvalue weighted by molar-refractivity contribution is -0.139. The summed E-state index contributed by atoms with van der Waals surface area (Å²) in [6, 6.07) is 10.4. The molecule has 4 rings (SSSR count). The summed E-state index contributed by atoms with van der Waals surface area (Å²) in [6.45, 7) is 1.78. The Morgan fingerprint density at radius 2 is 1.91 bits per heavy atom. The van der Waals surface area contributed by atoms with E-state index < -0.39 is 24.0 Å². The number of rotatable bonds is 9. The fraction of sp³-hybridized carbons (Fsp3) is 0.250. The number of aromatic nitrogens is 2. The molecule has 1 aromatic carbocycles. The summed E-state index contributed by atoms with van der Waals surface area (Å²) in [7, 11) is 1.54. The van der Waals surface area contributed by atoms with Gasteiger partial charge in [-0.05, 0) is 42.8 Å². The number of carbonyl (C=O) groups excluding carboxylic acids is 3. The van der Waals surface area contributed by atoms with E-state index in [1.54, 1.807) is 60.4 Å². The summed E-state index contributed by atoms with van der Waals surface area (Å²) >= 11 is 0. The van der Waals surface area contributed by atoms with Crippen LogP contribution in [0.3, 0.4) is 0 Å². The molecule has 0 spiro atoms. The van der Waals surface area contributed by atoms with Crippen molar-refractivity contribution in [2.75, 3.05) is 20.3 Å². The van der Waals surface area contributed by atoms with Gasteiger partial charge in [-0.2, -0.15) is 5.10 Å². The summed E-state index contributed by atoms with van der Waals surface area (Å²) in [6.07, 6.45) is 3.41. The quantitative estimate of drug-likeness (QED) is 0.447. The molecular formula is C24H24N4O7. The highest BCUT2D eigenvalue weighted by molar-refractivity contribution is 5.95. The van der Waals surface area contributed by atoms with Crippen LogP contribution in [-0.4, -0.2) is 48.1 Å².